The van der Waals surface area contributed by atoms with Gasteiger partial charge in [0.2, 0.25) is 10.0 Å². The zero-order valence-corrected chi connectivity index (χ0v) is 14.3. The zero-order valence-electron chi connectivity index (χ0n) is 11.9. The first-order chi connectivity index (χ1) is 10.9. The second-order valence-corrected chi connectivity index (χ2v) is 7.99. The van der Waals surface area contributed by atoms with E-state index < -0.39 is 16.0 Å². The fourth-order valence-electron chi connectivity index (χ4n) is 2.57. The van der Waals surface area contributed by atoms with Crippen LogP contribution >= 0.6 is 15.9 Å². The Morgan fingerprint density at radius 3 is 2.57 bits per heavy atom. The van der Waals surface area contributed by atoms with Gasteiger partial charge in [0.25, 0.3) is 0 Å². The lowest BCUT2D eigenvalue weighted by molar-refractivity contribution is 0.0694. The van der Waals surface area contributed by atoms with Crippen LogP contribution in [0.5, 0.6) is 0 Å². The van der Waals surface area contributed by atoms with E-state index in [1.807, 2.05) is 0 Å². The molecular weight excluding hydrogens is 384 g/mol. The Morgan fingerprint density at radius 2 is 1.91 bits per heavy atom. The molecule has 0 saturated carbocycles. The number of hydrogen-bond donors (Lipinski definition) is 1. The molecule has 2 aromatic rings. The van der Waals surface area contributed by atoms with Gasteiger partial charge in [0.15, 0.2) is 0 Å². The highest BCUT2D eigenvalue weighted by molar-refractivity contribution is 9.10. The van der Waals surface area contributed by atoms with Gasteiger partial charge in [-0.1, -0.05) is 15.9 Å². The number of halogens is 1. The van der Waals surface area contributed by atoms with Crippen molar-refractivity contribution in [1.29, 1.82) is 0 Å². The van der Waals surface area contributed by atoms with E-state index >= 15 is 0 Å². The van der Waals surface area contributed by atoms with Gasteiger partial charge in [0.1, 0.15) is 0 Å². The molecule has 1 aliphatic rings. The van der Waals surface area contributed by atoms with Gasteiger partial charge in [0, 0.05) is 41.4 Å². The molecule has 2 heterocycles. The third kappa shape index (κ3) is 3.01. The van der Waals surface area contributed by atoms with Gasteiger partial charge in [-0.05, 0) is 30.3 Å². The predicted molar refractivity (Wildman–Crippen MR) is 86.6 cm³/mol. The van der Waals surface area contributed by atoms with Crippen molar-refractivity contribution in [1.82, 2.24) is 9.29 Å². The second kappa shape index (κ2) is 6.03. The van der Waals surface area contributed by atoms with Gasteiger partial charge >= 0.3 is 5.97 Å². The number of benzene rings is 1. The summed E-state index contributed by atoms with van der Waals surface area (Å²) in [6, 6.07) is 7.77. The highest BCUT2D eigenvalue weighted by atomic mass is 79.9. The van der Waals surface area contributed by atoms with Crippen molar-refractivity contribution in [3.63, 3.8) is 0 Å². The molecule has 0 spiro atoms. The quantitative estimate of drug-likeness (QED) is 0.859. The van der Waals surface area contributed by atoms with Crippen molar-refractivity contribution in [3.05, 3.63) is 57.8 Å². The second-order valence-electron chi connectivity index (χ2n) is 5.13. The monoisotopic (exact) mass is 396 g/mol. The maximum atomic E-state index is 12.7. The van der Waals surface area contributed by atoms with Crippen LogP contribution in [0.2, 0.25) is 0 Å². The Labute approximate surface area is 142 Å². The molecule has 0 bridgehead atoms. The van der Waals surface area contributed by atoms with Crippen molar-refractivity contribution in [2.45, 2.75) is 17.9 Å². The molecular formula is C15H13BrN2O4S. The molecule has 3 rings (SSSR count). The van der Waals surface area contributed by atoms with Gasteiger partial charge < -0.3 is 5.11 Å². The number of sulfonamides is 1. The Morgan fingerprint density at radius 1 is 1.22 bits per heavy atom. The maximum absolute atomic E-state index is 12.7. The first-order valence-corrected chi connectivity index (χ1v) is 9.08. The number of aromatic nitrogens is 1. The molecule has 0 amide bonds. The van der Waals surface area contributed by atoms with E-state index in [0.29, 0.717) is 17.7 Å². The minimum absolute atomic E-state index is 0.0171. The fourth-order valence-corrected chi connectivity index (χ4v) is 4.25. The summed E-state index contributed by atoms with van der Waals surface area (Å²) >= 11 is 3.27. The van der Waals surface area contributed by atoms with Gasteiger partial charge in [-0.25, -0.2) is 13.2 Å². The van der Waals surface area contributed by atoms with Crippen LogP contribution < -0.4 is 0 Å². The van der Waals surface area contributed by atoms with Crippen LogP contribution in [0.3, 0.4) is 0 Å². The number of aromatic carboxylic acids is 1. The standard InChI is InChI=1S/C15H13BrN2O4S/c16-10-1-3-11(4-2-10)23(21,22)18-8-6-14-13(9-18)12(15(19)20)5-7-17-14/h1-5,7H,6,8-9H2,(H,19,20). The van der Waals surface area contributed by atoms with E-state index in [1.165, 1.54) is 28.7 Å². The van der Waals surface area contributed by atoms with Gasteiger partial charge in [-0.2, -0.15) is 4.31 Å². The van der Waals surface area contributed by atoms with E-state index in [4.69, 9.17) is 0 Å². The topological polar surface area (TPSA) is 87.6 Å². The number of carboxylic acids is 1. The predicted octanol–water partition coefficient (Wildman–Crippen LogP) is 2.29. The molecule has 1 aliphatic heterocycles. The number of pyridine rings is 1. The lowest BCUT2D eigenvalue weighted by atomic mass is 10.0. The third-order valence-electron chi connectivity index (χ3n) is 3.76. The zero-order chi connectivity index (χ0) is 16.6. The van der Waals surface area contributed by atoms with Crippen LogP contribution in [0.25, 0.3) is 0 Å². The maximum Gasteiger partial charge on any atom is 0.336 e. The van der Waals surface area contributed by atoms with E-state index in [9.17, 15) is 18.3 Å². The lowest BCUT2D eigenvalue weighted by Crippen LogP contribution is -2.37. The SMILES string of the molecule is O=C(O)c1ccnc2c1CN(S(=O)(=O)c1ccc(Br)cc1)CC2. The van der Waals surface area contributed by atoms with Crippen molar-refractivity contribution in [2.24, 2.45) is 0 Å². The molecule has 8 heteroatoms. The smallest absolute Gasteiger partial charge is 0.336 e. The van der Waals surface area contributed by atoms with Crippen molar-refractivity contribution in [2.75, 3.05) is 6.54 Å². The molecule has 23 heavy (non-hydrogen) atoms. The molecule has 0 unspecified atom stereocenters. The van der Waals surface area contributed by atoms with Crippen LogP contribution in [0.15, 0.2) is 45.9 Å². The molecule has 1 aromatic heterocycles. The summed E-state index contributed by atoms with van der Waals surface area (Å²) in [5.41, 5.74) is 1.21. The summed E-state index contributed by atoms with van der Waals surface area (Å²) in [7, 11) is -3.67. The summed E-state index contributed by atoms with van der Waals surface area (Å²) < 4.78 is 27.6. The highest BCUT2D eigenvalue weighted by Crippen LogP contribution is 2.26. The van der Waals surface area contributed by atoms with E-state index in [-0.39, 0.29) is 23.5 Å². The number of nitrogens with zero attached hydrogens (tertiary/aromatic N) is 2. The summed E-state index contributed by atoms with van der Waals surface area (Å²) in [4.78, 5) is 15.7. The van der Waals surface area contributed by atoms with Crippen LogP contribution in [-0.4, -0.2) is 35.3 Å². The molecule has 0 saturated heterocycles. The largest absolute Gasteiger partial charge is 0.478 e. The van der Waals surface area contributed by atoms with Crippen LogP contribution in [-0.2, 0) is 23.0 Å². The molecule has 6 nitrogen and oxygen atoms in total. The minimum atomic E-state index is -3.67. The average Bonchev–Trinajstić information content (AvgIpc) is 2.54. The fraction of sp³-hybridized carbons (Fsp3) is 0.200. The molecule has 0 aliphatic carbocycles. The van der Waals surface area contributed by atoms with Crippen molar-refractivity contribution < 1.29 is 18.3 Å². The molecule has 120 valence electrons. The summed E-state index contributed by atoms with van der Waals surface area (Å²) in [6.07, 6.45) is 1.84. The van der Waals surface area contributed by atoms with Gasteiger partial charge in [-0.15, -0.1) is 0 Å². The summed E-state index contributed by atoms with van der Waals surface area (Å²) in [5, 5.41) is 9.28. The number of carbonyl (C=O) groups is 1. The summed E-state index contributed by atoms with van der Waals surface area (Å²) in [6.45, 7) is 0.296. The summed E-state index contributed by atoms with van der Waals surface area (Å²) in [5.74, 6) is -1.08. The van der Waals surface area contributed by atoms with Gasteiger partial charge in [-0.3, -0.25) is 4.98 Å². The number of fused-ring (bicyclic) bond motifs is 1. The van der Waals surface area contributed by atoms with E-state index in [0.717, 1.165) is 4.47 Å². The lowest BCUT2D eigenvalue weighted by Gasteiger charge is -2.28. The third-order valence-corrected chi connectivity index (χ3v) is 6.15. The number of hydrogen-bond acceptors (Lipinski definition) is 4. The van der Waals surface area contributed by atoms with E-state index in [2.05, 4.69) is 20.9 Å². The Kier molecular flexibility index (Phi) is 4.22. The van der Waals surface area contributed by atoms with Crippen molar-refractivity contribution >= 4 is 31.9 Å². The number of rotatable bonds is 3. The normalized spacial score (nSPS) is 15.2. The minimum Gasteiger partial charge on any atom is -0.478 e. The Bertz CT molecular complexity index is 866. The van der Waals surface area contributed by atoms with Crippen LogP contribution in [0, 0.1) is 0 Å². The molecule has 0 atom stereocenters. The first-order valence-electron chi connectivity index (χ1n) is 6.85. The van der Waals surface area contributed by atoms with Crippen LogP contribution in [0.4, 0.5) is 0 Å². The highest BCUT2D eigenvalue weighted by Gasteiger charge is 2.31. The Hall–Kier alpha value is -1.77. The number of carboxylic acid groups (broad SMARTS) is 1. The van der Waals surface area contributed by atoms with E-state index in [1.54, 1.807) is 12.1 Å². The average molecular weight is 397 g/mol. The molecule has 0 fully saturated rings. The molecule has 1 N–H and O–H groups in total. The van der Waals surface area contributed by atoms with Gasteiger partial charge in [0.05, 0.1) is 10.5 Å². The van der Waals surface area contributed by atoms with Crippen molar-refractivity contribution in [3.8, 4) is 0 Å². The first kappa shape index (κ1) is 16.1. The van der Waals surface area contributed by atoms with Crippen LogP contribution in [0.1, 0.15) is 21.6 Å². The Balaban J connectivity index is 1.98. The molecule has 1 aromatic carbocycles. The molecule has 0 radical (unpaired) electrons.